The van der Waals surface area contributed by atoms with Crippen molar-refractivity contribution in [3.05, 3.63) is 106 Å². The number of phenols is 2. The van der Waals surface area contributed by atoms with E-state index in [2.05, 4.69) is 16.0 Å². The Labute approximate surface area is 254 Å². The number of benzene rings is 4. The second-order valence-electron chi connectivity index (χ2n) is 8.99. The van der Waals surface area contributed by atoms with Crippen LogP contribution in [-0.4, -0.2) is 27.2 Å². The monoisotopic (exact) mass is 652 g/mol. The van der Waals surface area contributed by atoms with Crippen molar-refractivity contribution in [3.8, 4) is 11.5 Å². The Bertz CT molecular complexity index is 1730. The number of nitrogens with two attached hydrogens (primary N) is 1. The normalized spacial score (nSPS) is 11.0. The summed E-state index contributed by atoms with van der Waals surface area (Å²) in [4.78, 5) is 33.7. The fourth-order valence-corrected chi connectivity index (χ4v) is 3.60. The van der Waals surface area contributed by atoms with Crippen molar-refractivity contribution in [2.24, 2.45) is 0 Å². The van der Waals surface area contributed by atoms with Gasteiger partial charge in [0.15, 0.2) is 5.69 Å². The van der Waals surface area contributed by atoms with Gasteiger partial charge < -0.3 is 31.9 Å². The van der Waals surface area contributed by atoms with Gasteiger partial charge in [-0.25, -0.2) is 9.59 Å². The van der Waals surface area contributed by atoms with Gasteiger partial charge in [-0.2, -0.15) is 26.3 Å². The molecule has 0 fully saturated rings. The zero-order valence-corrected chi connectivity index (χ0v) is 22.9. The van der Waals surface area contributed by atoms with Crippen LogP contribution in [0.15, 0.2) is 84.9 Å². The lowest BCUT2D eigenvalue weighted by atomic mass is 10.2. The number of aromatic hydroxyl groups is 2. The Morgan fingerprint density at radius 3 is 1.50 bits per heavy atom. The smallest absolute Gasteiger partial charge is 0.416 e. The number of rotatable bonds is 5. The minimum atomic E-state index is -4.58. The first kappa shape index (κ1) is 34.3. The predicted molar refractivity (Wildman–Crippen MR) is 155 cm³/mol. The lowest BCUT2D eigenvalue weighted by molar-refractivity contribution is -0.384. The summed E-state index contributed by atoms with van der Waals surface area (Å²) in [5.74, 6) is -0.803. The quantitative estimate of drug-likeness (QED) is 0.0379. The Balaban J connectivity index is 0.000000251. The van der Waals surface area contributed by atoms with Gasteiger partial charge in [-0.1, -0.05) is 24.3 Å². The first-order chi connectivity index (χ1) is 21.5. The van der Waals surface area contributed by atoms with Gasteiger partial charge in [0, 0.05) is 17.4 Å². The first-order valence-electron chi connectivity index (χ1n) is 12.5. The highest BCUT2D eigenvalue weighted by Gasteiger charge is 2.31. The Hall–Kier alpha value is -6.20. The van der Waals surface area contributed by atoms with E-state index in [1.165, 1.54) is 42.5 Å². The van der Waals surface area contributed by atoms with Crippen LogP contribution in [0.5, 0.6) is 11.5 Å². The fraction of sp³-hybridized carbons (Fsp3) is 0.0714. The SMILES string of the molecule is Nc1cccc(O)c1NC(=O)Nc1cccc(C(F)(F)F)c1.O=C(Nc1cccc(C(F)(F)F)c1)Nc1c(O)cccc1[N+](=O)[O-]. The molecule has 0 radical (unpaired) electrons. The van der Waals surface area contributed by atoms with Gasteiger partial charge in [0.2, 0.25) is 0 Å². The zero-order chi connectivity index (χ0) is 34.2. The Morgan fingerprint density at radius 1 is 0.652 bits per heavy atom. The maximum atomic E-state index is 12.6. The standard InChI is InChI=1S/C14H10F3N3O4.C14H12F3N3O2/c15-14(16,17)8-3-1-4-9(7-8)18-13(22)19-12-10(20(23)24)5-2-6-11(12)21;15-14(16,17)8-3-1-4-9(7-8)19-13(22)20-12-10(18)5-2-6-11(12)21/h1-7,21H,(H2,18,19,22);1-7,21H,18H2,(H2,19,20,22). The van der Waals surface area contributed by atoms with E-state index in [0.717, 1.165) is 36.4 Å². The molecule has 0 aliphatic carbocycles. The highest BCUT2D eigenvalue weighted by molar-refractivity contribution is 6.03. The van der Waals surface area contributed by atoms with E-state index in [1.54, 1.807) is 0 Å². The van der Waals surface area contributed by atoms with E-state index in [-0.39, 0.29) is 28.5 Å². The molecule has 4 aromatic carbocycles. The maximum Gasteiger partial charge on any atom is 0.416 e. The summed E-state index contributed by atoms with van der Waals surface area (Å²) in [7, 11) is 0. The first-order valence-corrected chi connectivity index (χ1v) is 12.5. The van der Waals surface area contributed by atoms with Crippen molar-refractivity contribution >= 4 is 46.2 Å². The molecular weight excluding hydrogens is 630 g/mol. The largest absolute Gasteiger partial charge is 0.506 e. The van der Waals surface area contributed by atoms with E-state index in [1.807, 2.05) is 5.32 Å². The molecule has 4 rings (SSSR count). The lowest BCUT2D eigenvalue weighted by Crippen LogP contribution is -2.20. The number of anilines is 5. The van der Waals surface area contributed by atoms with E-state index < -0.39 is 57.6 Å². The number of urea groups is 2. The number of nitro groups is 1. The molecule has 0 unspecified atom stereocenters. The number of phenolic OH excluding ortho intramolecular Hbond substituents is 2. The number of para-hydroxylation sites is 2. The molecule has 0 spiro atoms. The summed E-state index contributed by atoms with van der Waals surface area (Å²) >= 11 is 0. The summed E-state index contributed by atoms with van der Waals surface area (Å²) in [6.45, 7) is 0. The van der Waals surface area contributed by atoms with E-state index >= 15 is 0 Å². The van der Waals surface area contributed by atoms with Crippen LogP contribution in [0.4, 0.5) is 70.1 Å². The number of nitrogens with one attached hydrogen (secondary N) is 4. The Kier molecular flexibility index (Phi) is 10.5. The molecule has 8 N–H and O–H groups in total. The van der Waals surface area contributed by atoms with E-state index in [4.69, 9.17) is 5.73 Å². The number of nitrogens with zero attached hydrogens (tertiary/aromatic N) is 1. The van der Waals surface area contributed by atoms with E-state index in [0.29, 0.717) is 6.07 Å². The third kappa shape index (κ3) is 9.40. The molecule has 4 amide bonds. The van der Waals surface area contributed by atoms with Crippen LogP contribution in [0, 0.1) is 10.1 Å². The lowest BCUT2D eigenvalue weighted by Gasteiger charge is -2.12. The van der Waals surface area contributed by atoms with Crippen LogP contribution in [0.2, 0.25) is 0 Å². The summed E-state index contributed by atoms with van der Waals surface area (Å²) in [5.41, 5.74) is 2.62. The minimum absolute atomic E-state index is 0.0213. The number of carbonyl (C=O) groups excluding carboxylic acids is 2. The molecule has 12 nitrogen and oxygen atoms in total. The van der Waals surface area contributed by atoms with Gasteiger partial charge >= 0.3 is 24.4 Å². The van der Waals surface area contributed by atoms with Crippen LogP contribution >= 0.6 is 0 Å². The highest BCUT2D eigenvalue weighted by atomic mass is 19.4. The highest BCUT2D eigenvalue weighted by Crippen LogP contribution is 2.34. The summed E-state index contributed by atoms with van der Waals surface area (Å²) < 4.78 is 75.6. The molecule has 0 saturated carbocycles. The van der Waals surface area contributed by atoms with Crippen molar-refractivity contribution in [2.75, 3.05) is 27.0 Å². The van der Waals surface area contributed by atoms with Crippen molar-refractivity contribution in [2.45, 2.75) is 12.4 Å². The molecule has 0 saturated heterocycles. The predicted octanol–water partition coefficient (Wildman–Crippen LogP) is 7.60. The van der Waals surface area contributed by atoms with Gasteiger partial charge in [-0.3, -0.25) is 15.4 Å². The summed E-state index contributed by atoms with van der Waals surface area (Å²) in [6.07, 6.45) is -9.08. The van der Waals surface area contributed by atoms with Crippen molar-refractivity contribution in [1.82, 2.24) is 0 Å². The number of alkyl halides is 6. The number of carbonyl (C=O) groups is 2. The van der Waals surface area contributed by atoms with Crippen LogP contribution < -0.4 is 27.0 Å². The fourth-order valence-electron chi connectivity index (χ4n) is 3.60. The van der Waals surface area contributed by atoms with Crippen molar-refractivity contribution < 1.29 is 51.1 Å². The molecule has 18 heteroatoms. The number of halogens is 6. The molecule has 242 valence electrons. The van der Waals surface area contributed by atoms with Gasteiger partial charge in [0.1, 0.15) is 17.2 Å². The van der Waals surface area contributed by atoms with Gasteiger partial charge in [0.05, 0.1) is 21.7 Å². The minimum Gasteiger partial charge on any atom is -0.506 e. The number of amides is 4. The van der Waals surface area contributed by atoms with Crippen molar-refractivity contribution in [1.29, 1.82) is 0 Å². The number of hydrogen-bond acceptors (Lipinski definition) is 7. The average Bonchev–Trinajstić information content (AvgIpc) is 2.96. The van der Waals surface area contributed by atoms with E-state index in [9.17, 15) is 56.3 Å². The second kappa shape index (κ2) is 14.1. The van der Waals surface area contributed by atoms with Crippen LogP contribution in [0.25, 0.3) is 0 Å². The van der Waals surface area contributed by atoms with Crippen LogP contribution in [0.3, 0.4) is 0 Å². The molecular formula is C28H22F6N6O6. The van der Waals surface area contributed by atoms with Gasteiger partial charge in [-0.15, -0.1) is 0 Å². The molecule has 0 aliphatic heterocycles. The third-order valence-corrected chi connectivity index (χ3v) is 5.66. The Morgan fingerprint density at radius 2 is 1.07 bits per heavy atom. The third-order valence-electron chi connectivity index (χ3n) is 5.66. The maximum absolute atomic E-state index is 12.6. The zero-order valence-electron chi connectivity index (χ0n) is 22.9. The molecule has 0 bridgehead atoms. The summed E-state index contributed by atoms with van der Waals surface area (Å²) in [5, 5.41) is 38.7. The average molecular weight is 653 g/mol. The summed E-state index contributed by atoms with van der Waals surface area (Å²) in [6, 6.07) is 13.8. The number of nitro benzene ring substituents is 1. The van der Waals surface area contributed by atoms with Gasteiger partial charge in [0.25, 0.3) is 5.69 Å². The topological polar surface area (TPSA) is 192 Å². The number of hydrogen-bond donors (Lipinski definition) is 7. The second-order valence-corrected chi connectivity index (χ2v) is 8.99. The molecule has 0 aliphatic rings. The van der Waals surface area contributed by atoms with Crippen LogP contribution in [0.1, 0.15) is 11.1 Å². The number of nitrogen functional groups attached to an aromatic ring is 1. The van der Waals surface area contributed by atoms with Gasteiger partial charge in [-0.05, 0) is 54.6 Å². The molecule has 4 aromatic rings. The molecule has 46 heavy (non-hydrogen) atoms. The molecule has 0 aromatic heterocycles. The van der Waals surface area contributed by atoms with Crippen LogP contribution in [-0.2, 0) is 12.4 Å². The van der Waals surface area contributed by atoms with Crippen molar-refractivity contribution in [3.63, 3.8) is 0 Å². The molecule has 0 atom stereocenters. The molecule has 0 heterocycles.